The van der Waals surface area contributed by atoms with Gasteiger partial charge in [-0.1, -0.05) is 6.07 Å². The molecule has 1 amide bonds. The summed E-state index contributed by atoms with van der Waals surface area (Å²) in [6.07, 6.45) is 5.85. The van der Waals surface area contributed by atoms with Crippen molar-refractivity contribution in [2.75, 3.05) is 19.7 Å². The minimum atomic E-state index is 0.135. The predicted molar refractivity (Wildman–Crippen MR) is 64.3 cm³/mol. The van der Waals surface area contributed by atoms with Crippen LogP contribution >= 0.6 is 0 Å². The topological polar surface area (TPSA) is 53.4 Å². The summed E-state index contributed by atoms with van der Waals surface area (Å²) in [7, 11) is 0. The summed E-state index contributed by atoms with van der Waals surface area (Å²) < 4.78 is 0. The summed E-state index contributed by atoms with van der Waals surface area (Å²) in [6.45, 7) is 1.68. The number of aromatic nitrogens is 1. The number of hydrogen-bond acceptors (Lipinski definition) is 3. The Balaban J connectivity index is 1.91. The van der Waals surface area contributed by atoms with Crippen molar-refractivity contribution in [3.63, 3.8) is 0 Å². The molecule has 0 saturated carbocycles. The van der Waals surface area contributed by atoms with E-state index in [4.69, 9.17) is 5.11 Å². The van der Waals surface area contributed by atoms with E-state index in [2.05, 4.69) is 4.98 Å². The minimum Gasteiger partial charge on any atom is -0.396 e. The molecule has 17 heavy (non-hydrogen) atoms. The Morgan fingerprint density at radius 3 is 3.18 bits per heavy atom. The van der Waals surface area contributed by atoms with Crippen molar-refractivity contribution in [2.24, 2.45) is 5.92 Å². The van der Waals surface area contributed by atoms with Gasteiger partial charge in [0.25, 0.3) is 0 Å². The molecule has 1 atom stereocenters. The second kappa shape index (κ2) is 5.77. The van der Waals surface area contributed by atoms with Crippen molar-refractivity contribution in [1.82, 2.24) is 9.88 Å². The van der Waals surface area contributed by atoms with Crippen LogP contribution in [0.25, 0.3) is 0 Å². The van der Waals surface area contributed by atoms with Crippen LogP contribution in [0.15, 0.2) is 24.5 Å². The first-order chi connectivity index (χ1) is 8.29. The van der Waals surface area contributed by atoms with Crippen LogP contribution in [0, 0.1) is 5.92 Å². The third-order valence-corrected chi connectivity index (χ3v) is 3.21. The maximum Gasteiger partial charge on any atom is 0.227 e. The first kappa shape index (κ1) is 12.0. The van der Waals surface area contributed by atoms with Crippen molar-refractivity contribution in [3.8, 4) is 0 Å². The van der Waals surface area contributed by atoms with E-state index in [0.717, 1.165) is 24.9 Å². The molecule has 4 heteroatoms. The number of piperidine rings is 1. The standard InChI is InChI=1S/C13H18N2O2/c16-10-12-4-2-6-15(9-12)13(17)7-11-3-1-5-14-8-11/h1,3,5,8,12,16H,2,4,6-7,9-10H2. The summed E-state index contributed by atoms with van der Waals surface area (Å²) in [5.41, 5.74) is 0.948. The Bertz CT molecular complexity index is 367. The van der Waals surface area contributed by atoms with Gasteiger partial charge in [-0.05, 0) is 30.4 Å². The Morgan fingerprint density at radius 1 is 1.59 bits per heavy atom. The molecule has 0 bridgehead atoms. The normalized spacial score (nSPS) is 20.3. The van der Waals surface area contributed by atoms with Gasteiger partial charge in [-0.3, -0.25) is 9.78 Å². The van der Waals surface area contributed by atoms with E-state index in [0.29, 0.717) is 13.0 Å². The highest BCUT2D eigenvalue weighted by Crippen LogP contribution is 2.16. The van der Waals surface area contributed by atoms with Crippen molar-refractivity contribution in [1.29, 1.82) is 0 Å². The zero-order valence-corrected chi connectivity index (χ0v) is 9.88. The van der Waals surface area contributed by atoms with E-state index in [1.54, 1.807) is 12.4 Å². The molecule has 4 nitrogen and oxygen atoms in total. The van der Waals surface area contributed by atoms with Crippen molar-refractivity contribution >= 4 is 5.91 Å². The SMILES string of the molecule is O=C(Cc1cccnc1)N1CCCC(CO)C1. The van der Waals surface area contributed by atoms with Crippen LogP contribution < -0.4 is 0 Å². The zero-order chi connectivity index (χ0) is 12.1. The fraction of sp³-hybridized carbons (Fsp3) is 0.538. The van der Waals surface area contributed by atoms with E-state index < -0.39 is 0 Å². The van der Waals surface area contributed by atoms with Gasteiger partial charge in [-0.15, -0.1) is 0 Å². The first-order valence-electron chi connectivity index (χ1n) is 6.07. The molecule has 1 N–H and O–H groups in total. The van der Waals surface area contributed by atoms with E-state index >= 15 is 0 Å². The number of amides is 1. The van der Waals surface area contributed by atoms with Crippen LogP contribution in [-0.2, 0) is 11.2 Å². The minimum absolute atomic E-state index is 0.135. The molecule has 1 aliphatic rings. The Labute approximate surface area is 101 Å². The molecule has 1 aromatic rings. The molecular formula is C13H18N2O2. The van der Waals surface area contributed by atoms with Crippen LogP contribution in [0.1, 0.15) is 18.4 Å². The number of carbonyl (C=O) groups excluding carboxylic acids is 1. The lowest BCUT2D eigenvalue weighted by molar-refractivity contribution is -0.132. The third-order valence-electron chi connectivity index (χ3n) is 3.21. The quantitative estimate of drug-likeness (QED) is 0.843. The fourth-order valence-corrected chi connectivity index (χ4v) is 2.23. The summed E-state index contributed by atoms with van der Waals surface area (Å²) in [5, 5.41) is 9.13. The number of carbonyl (C=O) groups is 1. The number of aliphatic hydroxyl groups is 1. The maximum atomic E-state index is 12.0. The molecule has 1 aliphatic heterocycles. The largest absolute Gasteiger partial charge is 0.396 e. The van der Waals surface area contributed by atoms with Crippen LogP contribution in [0.4, 0.5) is 0 Å². The second-order valence-corrected chi connectivity index (χ2v) is 4.57. The van der Waals surface area contributed by atoms with Crippen LogP contribution in [0.3, 0.4) is 0 Å². The van der Waals surface area contributed by atoms with Crippen molar-refractivity contribution in [2.45, 2.75) is 19.3 Å². The molecule has 0 radical (unpaired) electrons. The highest BCUT2D eigenvalue weighted by Gasteiger charge is 2.22. The van der Waals surface area contributed by atoms with Gasteiger partial charge in [0, 0.05) is 32.1 Å². The molecule has 0 aliphatic carbocycles. The van der Waals surface area contributed by atoms with Crippen LogP contribution in [-0.4, -0.2) is 40.6 Å². The number of nitrogens with zero attached hydrogens (tertiary/aromatic N) is 2. The molecule has 1 aromatic heterocycles. The molecule has 1 unspecified atom stereocenters. The second-order valence-electron chi connectivity index (χ2n) is 4.57. The van der Waals surface area contributed by atoms with Gasteiger partial charge in [-0.2, -0.15) is 0 Å². The monoisotopic (exact) mass is 234 g/mol. The highest BCUT2D eigenvalue weighted by atomic mass is 16.3. The summed E-state index contributed by atoms with van der Waals surface area (Å²) in [5.74, 6) is 0.387. The molecule has 1 fully saturated rings. The number of likely N-dealkylation sites (tertiary alicyclic amines) is 1. The molecule has 92 valence electrons. The molecule has 0 spiro atoms. The average Bonchev–Trinajstić information content (AvgIpc) is 2.40. The Kier molecular flexibility index (Phi) is 4.09. The first-order valence-corrected chi connectivity index (χ1v) is 6.07. The lowest BCUT2D eigenvalue weighted by Gasteiger charge is -2.31. The number of hydrogen-bond donors (Lipinski definition) is 1. The van der Waals surface area contributed by atoms with Gasteiger partial charge in [0.2, 0.25) is 5.91 Å². The van der Waals surface area contributed by atoms with Crippen molar-refractivity contribution in [3.05, 3.63) is 30.1 Å². The number of rotatable bonds is 3. The lowest BCUT2D eigenvalue weighted by Crippen LogP contribution is -2.41. The lowest BCUT2D eigenvalue weighted by atomic mass is 9.98. The van der Waals surface area contributed by atoms with Gasteiger partial charge < -0.3 is 10.0 Å². The summed E-state index contributed by atoms with van der Waals surface area (Å²) in [6, 6.07) is 3.76. The molecular weight excluding hydrogens is 216 g/mol. The zero-order valence-electron chi connectivity index (χ0n) is 9.88. The third kappa shape index (κ3) is 3.27. The molecule has 1 saturated heterocycles. The van der Waals surface area contributed by atoms with Gasteiger partial charge >= 0.3 is 0 Å². The van der Waals surface area contributed by atoms with Gasteiger partial charge in [0.15, 0.2) is 0 Å². The van der Waals surface area contributed by atoms with E-state index in [1.807, 2.05) is 17.0 Å². The Hall–Kier alpha value is -1.42. The van der Waals surface area contributed by atoms with Crippen LogP contribution in [0.2, 0.25) is 0 Å². The highest BCUT2D eigenvalue weighted by molar-refractivity contribution is 5.78. The smallest absolute Gasteiger partial charge is 0.227 e. The van der Waals surface area contributed by atoms with Crippen LogP contribution in [0.5, 0.6) is 0 Å². The molecule has 2 heterocycles. The van der Waals surface area contributed by atoms with E-state index in [-0.39, 0.29) is 18.4 Å². The van der Waals surface area contributed by atoms with Crippen molar-refractivity contribution < 1.29 is 9.90 Å². The summed E-state index contributed by atoms with van der Waals surface area (Å²) in [4.78, 5) is 17.9. The number of aliphatic hydroxyl groups excluding tert-OH is 1. The van der Waals surface area contributed by atoms with Gasteiger partial charge in [-0.25, -0.2) is 0 Å². The van der Waals surface area contributed by atoms with Gasteiger partial charge in [0.1, 0.15) is 0 Å². The summed E-state index contributed by atoms with van der Waals surface area (Å²) >= 11 is 0. The van der Waals surface area contributed by atoms with Gasteiger partial charge in [0.05, 0.1) is 6.42 Å². The number of pyridine rings is 1. The Morgan fingerprint density at radius 2 is 2.47 bits per heavy atom. The molecule has 0 aromatic carbocycles. The fourth-order valence-electron chi connectivity index (χ4n) is 2.23. The van der Waals surface area contributed by atoms with E-state index in [1.165, 1.54) is 0 Å². The molecule has 2 rings (SSSR count). The van der Waals surface area contributed by atoms with E-state index in [9.17, 15) is 4.79 Å². The maximum absolute atomic E-state index is 12.0. The average molecular weight is 234 g/mol. The predicted octanol–water partition coefficient (Wildman–Crippen LogP) is 0.855.